The molecule has 0 fully saturated rings. The highest BCUT2D eigenvalue weighted by molar-refractivity contribution is 6.00. The molecule has 1 amide bonds. The molecule has 3 aromatic rings. The van der Waals surface area contributed by atoms with Crippen molar-refractivity contribution in [1.29, 1.82) is 0 Å². The van der Waals surface area contributed by atoms with E-state index in [-0.39, 0.29) is 19.1 Å². The number of hydrogen-bond donors (Lipinski definition) is 3. The van der Waals surface area contributed by atoms with Gasteiger partial charge in [0.15, 0.2) is 0 Å². The van der Waals surface area contributed by atoms with E-state index in [0.29, 0.717) is 24.3 Å². The van der Waals surface area contributed by atoms with Crippen LogP contribution in [0.4, 0.5) is 10.5 Å². The van der Waals surface area contributed by atoms with E-state index in [1.807, 2.05) is 61.5 Å². The van der Waals surface area contributed by atoms with Crippen LogP contribution in [-0.4, -0.2) is 35.5 Å². The van der Waals surface area contributed by atoms with Crippen LogP contribution in [0.5, 0.6) is 5.75 Å². The maximum absolute atomic E-state index is 12.9. The van der Waals surface area contributed by atoms with E-state index < -0.39 is 18.2 Å². The number of benzene rings is 3. The summed E-state index contributed by atoms with van der Waals surface area (Å²) >= 11 is 0. The molecule has 0 aliphatic heterocycles. The van der Waals surface area contributed by atoms with Gasteiger partial charge in [-0.1, -0.05) is 61.5 Å². The monoisotopic (exact) mass is 463 g/mol. The molecule has 0 saturated heterocycles. The summed E-state index contributed by atoms with van der Waals surface area (Å²) in [5, 5.41) is 22.5. The van der Waals surface area contributed by atoms with Crippen LogP contribution in [-0.2, 0) is 9.53 Å². The number of anilines is 1. The molecule has 0 unspecified atom stereocenters. The van der Waals surface area contributed by atoms with Crippen molar-refractivity contribution in [3.05, 3.63) is 84.4 Å². The van der Waals surface area contributed by atoms with Crippen LogP contribution >= 0.6 is 0 Å². The molecule has 3 N–H and O–H groups in total. The molecule has 0 radical (unpaired) electrons. The van der Waals surface area contributed by atoms with Crippen LogP contribution in [0, 0.1) is 5.92 Å². The molecule has 0 aliphatic carbocycles. The summed E-state index contributed by atoms with van der Waals surface area (Å²) in [6.45, 7) is 2.07. The third kappa shape index (κ3) is 7.08. The normalized spacial score (nSPS) is 12.9. The van der Waals surface area contributed by atoms with E-state index in [1.165, 1.54) is 0 Å². The first-order valence-electron chi connectivity index (χ1n) is 11.2. The number of carboxylic acids is 1. The summed E-state index contributed by atoms with van der Waals surface area (Å²) in [4.78, 5) is 23.6. The molecule has 7 heteroatoms. The number of aliphatic hydroxyl groups excluding tert-OH is 1. The van der Waals surface area contributed by atoms with Gasteiger partial charge in [0.25, 0.3) is 0 Å². The molecule has 0 aromatic heterocycles. The first-order valence-corrected chi connectivity index (χ1v) is 11.2. The molecule has 0 bridgehead atoms. The first-order chi connectivity index (χ1) is 16.5. The topological polar surface area (TPSA) is 105 Å². The van der Waals surface area contributed by atoms with Gasteiger partial charge >= 0.3 is 12.1 Å². The molecule has 3 aromatic carbocycles. The minimum atomic E-state index is -0.992. The first kappa shape index (κ1) is 24.8. The predicted molar refractivity (Wildman–Crippen MR) is 131 cm³/mol. The molecular weight excluding hydrogens is 434 g/mol. The highest BCUT2D eigenvalue weighted by atomic mass is 16.6. The van der Waals surface area contributed by atoms with Crippen LogP contribution in [0.3, 0.4) is 0 Å². The number of hydrogen-bond acceptors (Lipinski definition) is 5. The van der Waals surface area contributed by atoms with E-state index in [1.54, 1.807) is 18.2 Å². The van der Waals surface area contributed by atoms with E-state index in [0.717, 1.165) is 22.4 Å². The second kappa shape index (κ2) is 12.4. The van der Waals surface area contributed by atoms with E-state index >= 15 is 0 Å². The van der Waals surface area contributed by atoms with Gasteiger partial charge in [-0.15, -0.1) is 0 Å². The second-order valence-electron chi connectivity index (χ2n) is 7.91. The standard InChI is InChI=1S/C27H29NO6/c1-19(7-2-5-12-25(30)31)26(21-13-15-22(16-14-21)33-18-17-29)34-27(32)28-24-11-6-9-20-8-3-4-10-23(20)24/h3-6,8-16,19,26,29H,2,7,17-18H2,1H3,(H,28,32)(H,30,31)/b12-5+/t19-,26-/m1/s1. The fourth-order valence-corrected chi connectivity index (χ4v) is 3.71. The van der Waals surface area contributed by atoms with Crippen LogP contribution in [0.1, 0.15) is 31.4 Å². The Hall–Kier alpha value is -3.84. The van der Waals surface area contributed by atoms with Crippen LogP contribution in [0.2, 0.25) is 0 Å². The summed E-state index contributed by atoms with van der Waals surface area (Å²) < 4.78 is 11.3. The third-order valence-electron chi connectivity index (χ3n) is 5.39. The quantitative estimate of drug-likeness (QED) is 0.322. The highest BCUT2D eigenvalue weighted by Crippen LogP contribution is 2.32. The van der Waals surface area contributed by atoms with Gasteiger partial charge in [-0.3, -0.25) is 5.32 Å². The lowest BCUT2D eigenvalue weighted by molar-refractivity contribution is -0.131. The van der Waals surface area contributed by atoms with Crippen LogP contribution in [0.15, 0.2) is 78.9 Å². The second-order valence-corrected chi connectivity index (χ2v) is 7.91. The zero-order valence-corrected chi connectivity index (χ0v) is 19.0. The minimum absolute atomic E-state index is 0.0806. The van der Waals surface area contributed by atoms with Crippen molar-refractivity contribution in [2.24, 2.45) is 5.92 Å². The van der Waals surface area contributed by atoms with Crippen LogP contribution < -0.4 is 10.1 Å². The molecule has 3 rings (SSSR count). The zero-order chi connectivity index (χ0) is 24.3. The highest BCUT2D eigenvalue weighted by Gasteiger charge is 2.24. The molecular formula is C27H29NO6. The Morgan fingerprint density at radius 3 is 2.50 bits per heavy atom. The average molecular weight is 464 g/mol. The smallest absolute Gasteiger partial charge is 0.412 e. The number of carbonyl (C=O) groups is 2. The summed E-state index contributed by atoms with van der Waals surface area (Å²) in [6, 6.07) is 20.6. The Morgan fingerprint density at radius 2 is 1.76 bits per heavy atom. The van der Waals surface area contributed by atoms with Gasteiger partial charge in [-0.05, 0) is 47.9 Å². The maximum Gasteiger partial charge on any atom is 0.412 e. The predicted octanol–water partition coefficient (Wildman–Crippen LogP) is 5.56. The average Bonchev–Trinajstić information content (AvgIpc) is 2.84. The van der Waals surface area contributed by atoms with Crippen molar-refractivity contribution in [1.82, 2.24) is 0 Å². The molecule has 7 nitrogen and oxygen atoms in total. The van der Waals surface area contributed by atoms with Crippen molar-refractivity contribution in [2.75, 3.05) is 18.5 Å². The lowest BCUT2D eigenvalue weighted by Gasteiger charge is -2.25. The van der Waals surface area contributed by atoms with Gasteiger partial charge in [0.05, 0.1) is 12.3 Å². The molecule has 0 heterocycles. The van der Waals surface area contributed by atoms with Gasteiger partial charge in [-0.25, -0.2) is 9.59 Å². The van der Waals surface area contributed by atoms with Gasteiger partial charge in [0, 0.05) is 11.5 Å². The molecule has 0 spiro atoms. The Kier molecular flexibility index (Phi) is 9.05. The number of rotatable bonds is 11. The van der Waals surface area contributed by atoms with Crippen molar-refractivity contribution in [3.8, 4) is 5.75 Å². The number of nitrogens with one attached hydrogen (secondary N) is 1. The number of fused-ring (bicyclic) bond motifs is 1. The van der Waals surface area contributed by atoms with E-state index in [2.05, 4.69) is 5.32 Å². The Morgan fingerprint density at radius 1 is 1.03 bits per heavy atom. The third-order valence-corrected chi connectivity index (χ3v) is 5.39. The fraction of sp³-hybridized carbons (Fsp3) is 0.259. The van der Waals surface area contributed by atoms with E-state index in [4.69, 9.17) is 19.7 Å². The molecule has 2 atom stereocenters. The lowest BCUT2D eigenvalue weighted by atomic mass is 9.93. The van der Waals surface area contributed by atoms with Crippen molar-refractivity contribution in [2.45, 2.75) is 25.9 Å². The summed E-state index contributed by atoms with van der Waals surface area (Å²) in [6.07, 6.45) is 2.74. The number of amides is 1. The number of aliphatic hydroxyl groups is 1. The largest absolute Gasteiger partial charge is 0.491 e. The van der Waals surface area contributed by atoms with Gasteiger partial charge < -0.3 is 19.7 Å². The molecule has 178 valence electrons. The summed E-state index contributed by atoms with van der Waals surface area (Å²) in [7, 11) is 0. The van der Waals surface area contributed by atoms with E-state index in [9.17, 15) is 9.59 Å². The van der Waals surface area contributed by atoms with Crippen molar-refractivity contribution >= 4 is 28.5 Å². The number of aliphatic carboxylic acids is 1. The number of allylic oxidation sites excluding steroid dienone is 1. The number of carboxylic acid groups (broad SMARTS) is 1. The molecule has 0 saturated carbocycles. The van der Waals surface area contributed by atoms with Gasteiger partial charge in [0.1, 0.15) is 18.5 Å². The van der Waals surface area contributed by atoms with Crippen molar-refractivity contribution < 1.29 is 29.3 Å². The zero-order valence-electron chi connectivity index (χ0n) is 19.0. The summed E-state index contributed by atoms with van der Waals surface area (Å²) in [5.41, 5.74) is 1.45. The molecule has 0 aliphatic rings. The Labute approximate surface area is 198 Å². The lowest BCUT2D eigenvalue weighted by Crippen LogP contribution is -2.22. The van der Waals surface area contributed by atoms with Crippen LogP contribution in [0.25, 0.3) is 10.8 Å². The number of carbonyl (C=O) groups excluding carboxylic acids is 1. The maximum atomic E-state index is 12.9. The fourth-order valence-electron chi connectivity index (χ4n) is 3.71. The minimum Gasteiger partial charge on any atom is -0.491 e. The number of ether oxygens (including phenoxy) is 2. The Bertz CT molecular complexity index is 1120. The Balaban J connectivity index is 1.76. The van der Waals surface area contributed by atoms with Gasteiger partial charge in [0.2, 0.25) is 0 Å². The summed E-state index contributed by atoms with van der Waals surface area (Å²) in [5.74, 6) is -0.469. The molecule has 34 heavy (non-hydrogen) atoms. The van der Waals surface area contributed by atoms with Crippen molar-refractivity contribution in [3.63, 3.8) is 0 Å². The SMILES string of the molecule is C[C@H](CC/C=C/C(=O)O)[C@@H](OC(=O)Nc1cccc2ccccc12)c1ccc(OCCO)cc1. The van der Waals surface area contributed by atoms with Gasteiger partial charge in [-0.2, -0.15) is 0 Å².